The fraction of sp³-hybridized carbons (Fsp3) is 0.154. The van der Waals surface area contributed by atoms with Crippen molar-refractivity contribution in [1.82, 2.24) is 4.98 Å². The van der Waals surface area contributed by atoms with Crippen molar-refractivity contribution < 1.29 is 14.7 Å². The average molecular weight is 276 g/mol. The van der Waals surface area contributed by atoms with E-state index in [0.717, 1.165) is 5.56 Å². The number of primary amides is 1. The van der Waals surface area contributed by atoms with Crippen molar-refractivity contribution in [3.63, 3.8) is 0 Å². The summed E-state index contributed by atoms with van der Waals surface area (Å²) in [5.74, 6) is -1.54. The summed E-state index contributed by atoms with van der Waals surface area (Å²) >= 11 is 1.31. The molecular formula is C13H12N2O3S. The van der Waals surface area contributed by atoms with Crippen molar-refractivity contribution in [2.45, 2.75) is 12.8 Å². The summed E-state index contributed by atoms with van der Waals surface area (Å²) in [6, 6.07) is 9.39. The summed E-state index contributed by atoms with van der Waals surface area (Å²) in [6.45, 7) is 0. The molecule has 1 aromatic carbocycles. The number of nitrogens with two attached hydrogens (primary N) is 1. The minimum Gasteiger partial charge on any atom is -0.481 e. The number of aliphatic carboxylic acids is 1. The quantitative estimate of drug-likeness (QED) is 0.872. The average Bonchev–Trinajstić information content (AvgIpc) is 2.81. The molecule has 2 aromatic rings. The zero-order valence-electron chi connectivity index (χ0n) is 10.00. The van der Waals surface area contributed by atoms with Crippen molar-refractivity contribution in [2.75, 3.05) is 0 Å². The molecular weight excluding hydrogens is 264 g/mol. The molecule has 1 heterocycles. The van der Waals surface area contributed by atoms with Crippen molar-refractivity contribution >= 4 is 23.2 Å². The third-order valence-corrected chi connectivity index (χ3v) is 3.68. The number of nitrogens with zero attached hydrogens (tertiary/aromatic N) is 1. The van der Waals surface area contributed by atoms with E-state index in [4.69, 9.17) is 10.8 Å². The highest BCUT2D eigenvalue weighted by molar-refractivity contribution is 7.15. The Bertz CT molecular complexity index is 608. The number of hydrogen-bond donors (Lipinski definition) is 2. The van der Waals surface area contributed by atoms with Crippen LogP contribution in [0.2, 0.25) is 0 Å². The Balaban J connectivity index is 2.35. The van der Waals surface area contributed by atoms with Gasteiger partial charge >= 0.3 is 5.97 Å². The highest BCUT2D eigenvalue weighted by atomic mass is 32.1. The van der Waals surface area contributed by atoms with Crippen LogP contribution in [0.3, 0.4) is 0 Å². The van der Waals surface area contributed by atoms with Crippen LogP contribution in [0.15, 0.2) is 30.3 Å². The molecule has 0 bridgehead atoms. The molecule has 0 aliphatic rings. The Morgan fingerprint density at radius 1 is 1.26 bits per heavy atom. The lowest BCUT2D eigenvalue weighted by molar-refractivity contribution is -0.136. The van der Waals surface area contributed by atoms with Crippen LogP contribution in [0.25, 0.3) is 10.6 Å². The van der Waals surface area contributed by atoms with Gasteiger partial charge in [-0.15, -0.1) is 11.3 Å². The van der Waals surface area contributed by atoms with E-state index in [-0.39, 0.29) is 18.5 Å². The first kappa shape index (κ1) is 13.2. The van der Waals surface area contributed by atoms with Crippen LogP contribution in [0.5, 0.6) is 0 Å². The van der Waals surface area contributed by atoms with E-state index in [1.165, 1.54) is 11.3 Å². The molecule has 0 saturated heterocycles. The number of thiazole rings is 1. The van der Waals surface area contributed by atoms with Crippen LogP contribution in [0.4, 0.5) is 0 Å². The summed E-state index contributed by atoms with van der Waals surface area (Å²) in [5, 5.41) is 9.37. The molecule has 5 nitrogen and oxygen atoms in total. The maximum Gasteiger partial charge on any atom is 0.303 e. The van der Waals surface area contributed by atoms with Gasteiger partial charge in [0.1, 0.15) is 10.7 Å². The number of rotatable bonds is 5. The summed E-state index contributed by atoms with van der Waals surface area (Å²) in [4.78, 5) is 26.8. The van der Waals surface area contributed by atoms with Crippen LogP contribution >= 0.6 is 11.3 Å². The molecule has 0 aliphatic carbocycles. The van der Waals surface area contributed by atoms with Crippen LogP contribution < -0.4 is 5.73 Å². The third kappa shape index (κ3) is 3.17. The molecule has 1 aromatic heterocycles. The molecule has 0 radical (unpaired) electrons. The van der Waals surface area contributed by atoms with E-state index in [1.807, 2.05) is 30.3 Å². The van der Waals surface area contributed by atoms with Crippen LogP contribution in [-0.4, -0.2) is 22.0 Å². The number of carboxylic acids is 1. The highest BCUT2D eigenvalue weighted by Crippen LogP contribution is 2.28. The molecule has 0 aliphatic heterocycles. The van der Waals surface area contributed by atoms with Gasteiger partial charge in [-0.25, -0.2) is 4.98 Å². The second kappa shape index (κ2) is 5.62. The van der Waals surface area contributed by atoms with E-state index >= 15 is 0 Å². The van der Waals surface area contributed by atoms with Gasteiger partial charge in [0.05, 0.1) is 6.42 Å². The fourth-order valence-electron chi connectivity index (χ4n) is 1.64. The molecule has 6 heteroatoms. The van der Waals surface area contributed by atoms with Crippen LogP contribution in [0, 0.1) is 0 Å². The van der Waals surface area contributed by atoms with E-state index in [2.05, 4.69) is 4.98 Å². The molecule has 1 amide bonds. The number of amides is 1. The number of carbonyl (C=O) groups excluding carboxylic acids is 1. The largest absolute Gasteiger partial charge is 0.481 e. The lowest BCUT2D eigenvalue weighted by Crippen LogP contribution is -2.14. The summed E-state index contributed by atoms with van der Waals surface area (Å²) < 4.78 is 0. The van der Waals surface area contributed by atoms with Gasteiger partial charge in [-0.05, 0) is 6.42 Å². The van der Waals surface area contributed by atoms with E-state index in [9.17, 15) is 9.59 Å². The van der Waals surface area contributed by atoms with E-state index in [1.54, 1.807) is 0 Å². The van der Waals surface area contributed by atoms with Gasteiger partial charge in [0.25, 0.3) is 5.91 Å². The predicted octanol–water partition coefficient (Wildman–Crippen LogP) is 1.93. The van der Waals surface area contributed by atoms with Gasteiger partial charge in [-0.3, -0.25) is 9.59 Å². The Kier molecular flexibility index (Phi) is 3.91. The first-order chi connectivity index (χ1) is 9.08. The minimum atomic E-state index is -0.912. The molecule has 0 unspecified atom stereocenters. The maximum atomic E-state index is 11.3. The number of carbonyl (C=O) groups is 2. The van der Waals surface area contributed by atoms with E-state index in [0.29, 0.717) is 9.88 Å². The smallest absolute Gasteiger partial charge is 0.303 e. The zero-order valence-corrected chi connectivity index (χ0v) is 10.8. The van der Waals surface area contributed by atoms with Gasteiger partial charge in [0.2, 0.25) is 0 Å². The van der Waals surface area contributed by atoms with Gasteiger partial charge in [-0.1, -0.05) is 30.3 Å². The first-order valence-electron chi connectivity index (χ1n) is 5.64. The maximum absolute atomic E-state index is 11.3. The van der Waals surface area contributed by atoms with Crippen LogP contribution in [0.1, 0.15) is 21.8 Å². The Morgan fingerprint density at radius 2 is 1.95 bits per heavy atom. The third-order valence-electron chi connectivity index (χ3n) is 2.52. The van der Waals surface area contributed by atoms with E-state index < -0.39 is 11.9 Å². The summed E-state index contributed by atoms with van der Waals surface area (Å²) in [5.41, 5.74) is 6.33. The Morgan fingerprint density at radius 3 is 2.53 bits per heavy atom. The van der Waals surface area contributed by atoms with Gasteiger partial charge < -0.3 is 10.8 Å². The van der Waals surface area contributed by atoms with Crippen molar-refractivity contribution in [3.05, 3.63) is 40.9 Å². The molecule has 0 saturated carbocycles. The summed E-state index contributed by atoms with van der Waals surface area (Å²) in [6.07, 6.45) is 0.217. The fourth-order valence-corrected chi connectivity index (χ4v) is 2.71. The lowest BCUT2D eigenvalue weighted by Gasteiger charge is -1.95. The zero-order chi connectivity index (χ0) is 13.8. The SMILES string of the molecule is NC(=O)c1nc(-c2ccccc2)sc1CCC(=O)O. The Hall–Kier alpha value is -2.21. The van der Waals surface area contributed by atoms with Gasteiger partial charge in [-0.2, -0.15) is 0 Å². The molecule has 98 valence electrons. The lowest BCUT2D eigenvalue weighted by atomic mass is 10.2. The number of benzene rings is 1. The monoisotopic (exact) mass is 276 g/mol. The number of aromatic nitrogens is 1. The van der Waals surface area contributed by atoms with Crippen LogP contribution in [-0.2, 0) is 11.2 Å². The predicted molar refractivity (Wildman–Crippen MR) is 72.0 cm³/mol. The van der Waals surface area contributed by atoms with Crippen molar-refractivity contribution in [3.8, 4) is 10.6 Å². The Labute approximate surface area is 113 Å². The van der Waals surface area contributed by atoms with Gasteiger partial charge in [0, 0.05) is 10.4 Å². The topological polar surface area (TPSA) is 93.3 Å². The minimum absolute atomic E-state index is 0.0449. The highest BCUT2D eigenvalue weighted by Gasteiger charge is 2.17. The van der Waals surface area contributed by atoms with Crippen molar-refractivity contribution in [1.29, 1.82) is 0 Å². The number of carboxylic acid groups (broad SMARTS) is 1. The number of aryl methyl sites for hydroxylation is 1. The first-order valence-corrected chi connectivity index (χ1v) is 6.46. The molecule has 2 rings (SSSR count). The van der Waals surface area contributed by atoms with Crippen molar-refractivity contribution in [2.24, 2.45) is 5.73 Å². The molecule has 0 fully saturated rings. The second-order valence-corrected chi connectivity index (χ2v) is 5.00. The standard InChI is InChI=1S/C13H12N2O3S/c14-12(18)11-9(6-7-10(16)17)19-13(15-11)8-4-2-1-3-5-8/h1-5H,6-7H2,(H2,14,18)(H,16,17). The summed E-state index contributed by atoms with van der Waals surface area (Å²) in [7, 11) is 0. The molecule has 0 atom stereocenters. The second-order valence-electron chi connectivity index (χ2n) is 3.91. The molecule has 3 N–H and O–H groups in total. The molecule has 0 spiro atoms. The normalized spacial score (nSPS) is 10.3. The van der Waals surface area contributed by atoms with Gasteiger partial charge in [0.15, 0.2) is 0 Å². The number of hydrogen-bond acceptors (Lipinski definition) is 4. The molecule has 19 heavy (non-hydrogen) atoms.